The summed E-state index contributed by atoms with van der Waals surface area (Å²) in [5, 5.41) is 3.58. The van der Waals surface area contributed by atoms with Gasteiger partial charge in [0.1, 0.15) is 11.8 Å². The molecule has 0 unspecified atom stereocenters. The van der Waals surface area contributed by atoms with Crippen molar-refractivity contribution in [3.63, 3.8) is 0 Å². The Labute approximate surface area is 150 Å². The molecule has 0 radical (unpaired) electrons. The molecular formula is C19H20N2O3S. The molecule has 3 rings (SSSR count). The van der Waals surface area contributed by atoms with Crippen LogP contribution in [0.4, 0.5) is 0 Å². The number of rotatable bonds is 6. The minimum Gasteiger partial charge on any atom is -0.496 e. The minimum absolute atomic E-state index is 0.111. The van der Waals surface area contributed by atoms with Gasteiger partial charge in [-0.1, -0.05) is 48.8 Å². The first-order valence-corrected chi connectivity index (χ1v) is 8.93. The van der Waals surface area contributed by atoms with Crippen molar-refractivity contribution < 1.29 is 9.53 Å². The number of carbonyl (C=O) groups excluding carboxylic acids is 1. The Morgan fingerprint density at radius 2 is 1.92 bits per heavy atom. The molecule has 6 heteroatoms. The summed E-state index contributed by atoms with van der Waals surface area (Å²) in [4.78, 5) is 25.3. The van der Waals surface area contributed by atoms with Gasteiger partial charge in [-0.15, -0.1) is 0 Å². The van der Waals surface area contributed by atoms with Crippen LogP contribution >= 0.6 is 11.5 Å². The van der Waals surface area contributed by atoms with Gasteiger partial charge in [0, 0.05) is 12.1 Å². The molecule has 0 aliphatic carbocycles. The first-order valence-electron chi connectivity index (χ1n) is 8.15. The number of methoxy groups -OCH3 is 1. The molecule has 25 heavy (non-hydrogen) atoms. The summed E-state index contributed by atoms with van der Waals surface area (Å²) < 4.78 is 7.77. The molecule has 1 heterocycles. The number of benzene rings is 2. The van der Waals surface area contributed by atoms with Gasteiger partial charge in [-0.25, -0.2) is 0 Å². The van der Waals surface area contributed by atoms with E-state index in [1.807, 2.05) is 49.4 Å². The number of ether oxygens (including phenoxy) is 1. The van der Waals surface area contributed by atoms with Gasteiger partial charge in [-0.05, 0) is 24.6 Å². The molecule has 5 nitrogen and oxygen atoms in total. The lowest BCUT2D eigenvalue weighted by atomic mass is 10.1. The highest BCUT2D eigenvalue weighted by Gasteiger charge is 2.22. The number of nitrogens with zero attached hydrogens (tertiary/aromatic N) is 1. The van der Waals surface area contributed by atoms with Crippen molar-refractivity contribution in [2.24, 2.45) is 0 Å². The second-order valence-corrected chi connectivity index (χ2v) is 6.69. The number of nitrogens with one attached hydrogen (secondary N) is 1. The summed E-state index contributed by atoms with van der Waals surface area (Å²) in [5.41, 5.74) is 0.789. The molecule has 3 aromatic rings. The van der Waals surface area contributed by atoms with E-state index in [2.05, 4.69) is 5.32 Å². The van der Waals surface area contributed by atoms with Crippen LogP contribution in [0, 0.1) is 0 Å². The third-order valence-electron chi connectivity index (χ3n) is 4.13. The van der Waals surface area contributed by atoms with E-state index < -0.39 is 6.04 Å². The maximum Gasteiger partial charge on any atom is 0.269 e. The monoisotopic (exact) mass is 356 g/mol. The maximum absolute atomic E-state index is 12.7. The fourth-order valence-corrected chi connectivity index (χ4v) is 3.96. The molecule has 130 valence electrons. The van der Waals surface area contributed by atoms with E-state index in [1.54, 1.807) is 17.1 Å². The molecule has 0 saturated carbocycles. The molecule has 0 saturated heterocycles. The normalized spacial score (nSPS) is 12.1. The highest BCUT2D eigenvalue weighted by Crippen LogP contribution is 2.22. The first-order chi connectivity index (χ1) is 12.2. The van der Waals surface area contributed by atoms with Gasteiger partial charge in [0.05, 0.1) is 17.2 Å². The van der Waals surface area contributed by atoms with Crippen LogP contribution in [0.3, 0.4) is 0 Å². The number of para-hydroxylation sites is 1. The highest BCUT2D eigenvalue weighted by molar-refractivity contribution is 7.14. The Balaban J connectivity index is 1.81. The lowest BCUT2D eigenvalue weighted by molar-refractivity contribution is -0.124. The van der Waals surface area contributed by atoms with Gasteiger partial charge in [0.25, 0.3) is 5.56 Å². The number of hydrogen-bond donors (Lipinski definition) is 1. The van der Waals surface area contributed by atoms with Crippen LogP contribution < -0.4 is 15.6 Å². The van der Waals surface area contributed by atoms with Crippen LogP contribution in [0.25, 0.3) is 10.1 Å². The predicted octanol–water partition coefficient (Wildman–Crippen LogP) is 3.34. The quantitative estimate of drug-likeness (QED) is 0.737. The molecule has 1 N–H and O–H groups in total. The first kappa shape index (κ1) is 17.2. The summed E-state index contributed by atoms with van der Waals surface area (Å²) in [7, 11) is 1.60. The molecule has 2 aromatic carbocycles. The fourth-order valence-electron chi connectivity index (χ4n) is 2.80. The van der Waals surface area contributed by atoms with Gasteiger partial charge in [-0.2, -0.15) is 0 Å². The molecule has 1 amide bonds. The maximum atomic E-state index is 12.7. The Morgan fingerprint density at radius 1 is 1.20 bits per heavy atom. The number of aromatic nitrogens is 1. The van der Waals surface area contributed by atoms with Crippen molar-refractivity contribution in [2.75, 3.05) is 7.11 Å². The molecular weight excluding hydrogens is 336 g/mol. The number of carbonyl (C=O) groups is 1. The van der Waals surface area contributed by atoms with Gasteiger partial charge in [0.2, 0.25) is 5.91 Å². The molecule has 0 bridgehead atoms. The van der Waals surface area contributed by atoms with E-state index in [-0.39, 0.29) is 11.5 Å². The SMILES string of the molecule is CC[C@H](C(=O)NCc1ccccc1OC)n1sc2ccccc2c1=O. The standard InChI is InChI=1S/C19H20N2O3S/c1-3-15(21-19(23)14-9-5-7-11-17(14)25-21)18(22)20-12-13-8-4-6-10-16(13)24-2/h4-11,15H,3,12H2,1-2H3,(H,20,22)/t15-/m1/s1. The van der Waals surface area contributed by atoms with Crippen molar-refractivity contribution in [1.82, 2.24) is 9.27 Å². The summed E-state index contributed by atoms with van der Waals surface area (Å²) in [6.07, 6.45) is 0.546. The second kappa shape index (κ2) is 7.53. The molecule has 1 aromatic heterocycles. The Morgan fingerprint density at radius 3 is 2.64 bits per heavy atom. The van der Waals surface area contributed by atoms with E-state index in [0.717, 1.165) is 16.0 Å². The zero-order valence-electron chi connectivity index (χ0n) is 14.2. The van der Waals surface area contributed by atoms with Crippen LogP contribution in [0.2, 0.25) is 0 Å². The van der Waals surface area contributed by atoms with E-state index in [4.69, 9.17) is 4.74 Å². The summed E-state index contributed by atoms with van der Waals surface area (Å²) in [6, 6.07) is 14.5. The topological polar surface area (TPSA) is 60.3 Å². The molecule has 0 aliphatic rings. The summed E-state index contributed by atoms with van der Waals surface area (Å²) in [5.74, 6) is 0.567. The molecule has 0 fully saturated rings. The Bertz CT molecular complexity index is 945. The smallest absolute Gasteiger partial charge is 0.269 e. The lowest BCUT2D eigenvalue weighted by Crippen LogP contribution is -2.34. The van der Waals surface area contributed by atoms with Gasteiger partial charge in [0.15, 0.2) is 0 Å². The third kappa shape index (κ3) is 3.44. The van der Waals surface area contributed by atoms with Crippen molar-refractivity contribution in [3.8, 4) is 5.75 Å². The van der Waals surface area contributed by atoms with Crippen molar-refractivity contribution in [1.29, 1.82) is 0 Å². The molecule has 0 aliphatic heterocycles. The van der Waals surface area contributed by atoms with Gasteiger partial charge in [-0.3, -0.25) is 13.5 Å². The van der Waals surface area contributed by atoms with Gasteiger partial charge < -0.3 is 10.1 Å². The third-order valence-corrected chi connectivity index (χ3v) is 5.30. The number of hydrogen-bond acceptors (Lipinski definition) is 4. The average molecular weight is 356 g/mol. The summed E-state index contributed by atoms with van der Waals surface area (Å²) in [6.45, 7) is 2.27. The van der Waals surface area contributed by atoms with Crippen LogP contribution in [0.15, 0.2) is 53.3 Å². The minimum atomic E-state index is -0.514. The van der Waals surface area contributed by atoms with Crippen LogP contribution in [-0.2, 0) is 11.3 Å². The largest absolute Gasteiger partial charge is 0.496 e. The fraction of sp³-hybridized carbons (Fsp3) is 0.263. The second-order valence-electron chi connectivity index (χ2n) is 5.67. The lowest BCUT2D eigenvalue weighted by Gasteiger charge is -2.16. The predicted molar refractivity (Wildman–Crippen MR) is 100 cm³/mol. The Hall–Kier alpha value is -2.60. The zero-order chi connectivity index (χ0) is 17.8. The van der Waals surface area contributed by atoms with Crippen molar-refractivity contribution in [3.05, 3.63) is 64.4 Å². The average Bonchev–Trinajstić information content (AvgIpc) is 2.98. The molecule has 1 atom stereocenters. The highest BCUT2D eigenvalue weighted by atomic mass is 32.1. The van der Waals surface area contributed by atoms with E-state index >= 15 is 0 Å². The van der Waals surface area contributed by atoms with E-state index in [9.17, 15) is 9.59 Å². The van der Waals surface area contributed by atoms with E-state index in [1.165, 1.54) is 11.5 Å². The Kier molecular flexibility index (Phi) is 5.19. The number of amides is 1. The van der Waals surface area contributed by atoms with Crippen LogP contribution in [0.5, 0.6) is 5.75 Å². The van der Waals surface area contributed by atoms with Crippen LogP contribution in [-0.4, -0.2) is 17.0 Å². The summed E-state index contributed by atoms with van der Waals surface area (Å²) >= 11 is 1.33. The zero-order valence-corrected chi connectivity index (χ0v) is 15.0. The van der Waals surface area contributed by atoms with Crippen molar-refractivity contribution in [2.45, 2.75) is 25.9 Å². The number of fused-ring (bicyclic) bond motifs is 1. The van der Waals surface area contributed by atoms with Gasteiger partial charge >= 0.3 is 0 Å². The van der Waals surface area contributed by atoms with Crippen molar-refractivity contribution >= 4 is 27.5 Å². The van der Waals surface area contributed by atoms with Crippen LogP contribution in [0.1, 0.15) is 24.9 Å². The van der Waals surface area contributed by atoms with E-state index in [0.29, 0.717) is 18.4 Å². The molecule has 0 spiro atoms.